The number of fused-ring (bicyclic) bond motifs is 4. The fourth-order valence-electron chi connectivity index (χ4n) is 7.05. The molecule has 0 spiro atoms. The molecule has 2 nitrogen and oxygen atoms in total. The smallest absolute Gasteiger partial charge is 0.198 e. The predicted molar refractivity (Wildman–Crippen MR) is 165 cm³/mol. The molecule has 0 saturated carbocycles. The van der Waals surface area contributed by atoms with E-state index in [1.165, 1.54) is 82.0 Å². The summed E-state index contributed by atoms with van der Waals surface area (Å²) in [6.07, 6.45) is 2.03. The van der Waals surface area contributed by atoms with Crippen LogP contribution in [0.5, 0.6) is 0 Å². The van der Waals surface area contributed by atoms with Gasteiger partial charge in [-0.05, 0) is 103 Å². The molecule has 1 aliphatic rings. The normalized spacial score (nSPS) is 13.4. The third kappa shape index (κ3) is 3.48. The Balaban J connectivity index is 1.71. The summed E-state index contributed by atoms with van der Waals surface area (Å²) < 4.78 is 3.37. The second-order valence-corrected chi connectivity index (χ2v) is 12.9. The molecule has 2 heterocycles. The third-order valence-corrected chi connectivity index (χ3v) is 10.3. The molecule has 0 atom stereocenters. The van der Waals surface area contributed by atoms with Crippen molar-refractivity contribution in [2.24, 2.45) is 7.05 Å². The number of pyridine rings is 1. The average Bonchev–Trinajstić information content (AvgIpc) is 3.32. The van der Waals surface area contributed by atoms with Gasteiger partial charge >= 0.3 is 0 Å². The van der Waals surface area contributed by atoms with E-state index in [-0.39, 0.29) is 5.41 Å². The van der Waals surface area contributed by atoms with Gasteiger partial charge in [0.25, 0.3) is 0 Å². The van der Waals surface area contributed by atoms with E-state index < -0.39 is 0 Å². The van der Waals surface area contributed by atoms with Gasteiger partial charge in [0, 0.05) is 15.7 Å². The molecule has 39 heavy (non-hydrogen) atoms. The van der Waals surface area contributed by atoms with Crippen molar-refractivity contribution in [1.82, 2.24) is 0 Å². The molecule has 2 aromatic heterocycles. The Kier molecular flexibility index (Phi) is 5.65. The van der Waals surface area contributed by atoms with Crippen LogP contribution in [-0.2, 0) is 12.5 Å². The molecule has 6 rings (SSSR count). The molecular weight excluding hydrogens is 492 g/mol. The second-order valence-electron chi connectivity index (χ2n) is 11.9. The minimum atomic E-state index is -0.0733. The Bertz CT molecular complexity index is 1890. The highest BCUT2D eigenvalue weighted by atomic mass is 32.1. The number of rotatable bonds is 2. The maximum absolute atomic E-state index is 10.2. The lowest BCUT2D eigenvalue weighted by Gasteiger charge is -2.23. The van der Waals surface area contributed by atoms with Gasteiger partial charge in [0.2, 0.25) is 5.69 Å². The molecular formula is C36H35N2S+. The van der Waals surface area contributed by atoms with Crippen molar-refractivity contribution in [3.63, 3.8) is 0 Å². The van der Waals surface area contributed by atoms with Gasteiger partial charge in [-0.3, -0.25) is 0 Å². The molecule has 0 bridgehead atoms. The van der Waals surface area contributed by atoms with Crippen LogP contribution in [0.25, 0.3) is 42.9 Å². The first-order valence-electron chi connectivity index (χ1n) is 13.7. The first-order chi connectivity index (χ1) is 18.5. The Morgan fingerprint density at radius 3 is 2.13 bits per heavy atom. The molecule has 0 amide bonds. The van der Waals surface area contributed by atoms with E-state index in [1.54, 1.807) is 0 Å². The average molecular weight is 528 g/mol. The Labute approximate surface area is 236 Å². The monoisotopic (exact) mass is 527 g/mol. The minimum absolute atomic E-state index is 0.0733. The summed E-state index contributed by atoms with van der Waals surface area (Å²) in [4.78, 5) is 1.27. The Hall–Kier alpha value is -3.74. The molecule has 0 fully saturated rings. The van der Waals surface area contributed by atoms with Crippen LogP contribution in [0.3, 0.4) is 0 Å². The number of hydrogen-bond donors (Lipinski definition) is 0. The summed E-state index contributed by atoms with van der Waals surface area (Å²) in [5.41, 5.74) is 17.7. The van der Waals surface area contributed by atoms with Gasteiger partial charge in [0.1, 0.15) is 23.4 Å². The van der Waals surface area contributed by atoms with Crippen LogP contribution in [0, 0.1) is 52.9 Å². The number of aromatic nitrogens is 1. The highest BCUT2D eigenvalue weighted by molar-refractivity contribution is 7.23. The summed E-state index contributed by atoms with van der Waals surface area (Å²) in [5, 5.41) is 11.3. The summed E-state index contributed by atoms with van der Waals surface area (Å²) in [5.74, 6) is 0. The molecule has 0 saturated heterocycles. The molecule has 1 aliphatic carbocycles. The van der Waals surface area contributed by atoms with Gasteiger partial charge < -0.3 is 0 Å². The van der Waals surface area contributed by atoms with Gasteiger partial charge in [0.05, 0.1) is 5.56 Å². The molecule has 194 valence electrons. The van der Waals surface area contributed by atoms with Crippen molar-refractivity contribution >= 4 is 21.4 Å². The SMILES string of the molecule is Cc1cc(C)c(-c2sc3c(-c4cc5c(c(C)c4C)-c4ccccc4C5(C)C)[n+](C)cc(C#N)c3c2C)c(C)c1. The van der Waals surface area contributed by atoms with E-state index in [0.717, 1.165) is 10.9 Å². The first kappa shape index (κ1) is 25.5. The van der Waals surface area contributed by atoms with Crippen molar-refractivity contribution in [3.8, 4) is 38.9 Å². The lowest BCUT2D eigenvalue weighted by Crippen LogP contribution is -2.31. The second kappa shape index (κ2) is 8.63. The molecule has 3 aromatic carbocycles. The number of benzene rings is 3. The quantitative estimate of drug-likeness (QED) is 0.210. The molecule has 0 N–H and O–H groups in total. The highest BCUT2D eigenvalue weighted by Crippen LogP contribution is 2.53. The van der Waals surface area contributed by atoms with Crippen LogP contribution >= 0.6 is 11.3 Å². The Morgan fingerprint density at radius 1 is 0.795 bits per heavy atom. The summed E-state index contributed by atoms with van der Waals surface area (Å²) >= 11 is 1.84. The van der Waals surface area contributed by atoms with Crippen LogP contribution in [0.4, 0.5) is 0 Å². The van der Waals surface area contributed by atoms with Crippen LogP contribution in [-0.4, -0.2) is 0 Å². The molecule has 0 radical (unpaired) electrons. The fourth-order valence-corrected chi connectivity index (χ4v) is 8.65. The summed E-state index contributed by atoms with van der Waals surface area (Å²) in [6.45, 7) is 18.0. The number of aryl methyl sites for hydroxylation is 5. The van der Waals surface area contributed by atoms with Crippen molar-refractivity contribution in [3.05, 3.63) is 98.7 Å². The van der Waals surface area contributed by atoms with E-state index >= 15 is 0 Å². The summed E-state index contributed by atoms with van der Waals surface area (Å²) in [6, 6.07) is 18.4. The maximum atomic E-state index is 10.2. The first-order valence-corrected chi connectivity index (χ1v) is 14.5. The topological polar surface area (TPSA) is 27.7 Å². The third-order valence-electron chi connectivity index (χ3n) is 9.03. The van der Waals surface area contributed by atoms with Crippen LogP contribution in [0.15, 0.2) is 48.7 Å². The van der Waals surface area contributed by atoms with Crippen LogP contribution in [0.1, 0.15) is 63.9 Å². The lowest BCUT2D eigenvalue weighted by molar-refractivity contribution is -0.659. The van der Waals surface area contributed by atoms with E-state index in [4.69, 9.17) is 0 Å². The fraction of sp³-hybridized carbons (Fsp3) is 0.278. The zero-order valence-corrected chi connectivity index (χ0v) is 25.2. The molecule has 3 heteroatoms. The van der Waals surface area contributed by atoms with Crippen molar-refractivity contribution in [2.75, 3.05) is 0 Å². The number of nitriles is 1. The van der Waals surface area contributed by atoms with Crippen LogP contribution < -0.4 is 4.57 Å². The van der Waals surface area contributed by atoms with Gasteiger partial charge in [0.15, 0.2) is 6.20 Å². The van der Waals surface area contributed by atoms with E-state index in [2.05, 4.69) is 116 Å². The van der Waals surface area contributed by atoms with E-state index in [1.807, 2.05) is 17.5 Å². The van der Waals surface area contributed by atoms with Crippen molar-refractivity contribution < 1.29 is 4.57 Å². The largest absolute Gasteiger partial charge is 0.230 e. The lowest BCUT2D eigenvalue weighted by atomic mass is 9.80. The van der Waals surface area contributed by atoms with Crippen molar-refractivity contribution in [1.29, 1.82) is 5.26 Å². The van der Waals surface area contributed by atoms with Gasteiger partial charge in [-0.1, -0.05) is 55.8 Å². The zero-order chi connectivity index (χ0) is 28.0. The van der Waals surface area contributed by atoms with E-state index in [0.29, 0.717) is 0 Å². The minimum Gasteiger partial charge on any atom is -0.198 e. The van der Waals surface area contributed by atoms with Crippen LogP contribution in [0.2, 0.25) is 0 Å². The Morgan fingerprint density at radius 2 is 1.46 bits per heavy atom. The molecule has 5 aromatic rings. The maximum Gasteiger partial charge on any atom is 0.230 e. The predicted octanol–water partition coefficient (Wildman–Crippen LogP) is 9.09. The van der Waals surface area contributed by atoms with Crippen molar-refractivity contribution in [2.45, 2.75) is 60.8 Å². The molecule has 0 aliphatic heterocycles. The van der Waals surface area contributed by atoms with Gasteiger partial charge in [-0.25, -0.2) is 0 Å². The van der Waals surface area contributed by atoms with Gasteiger partial charge in [-0.2, -0.15) is 9.83 Å². The number of hydrogen-bond acceptors (Lipinski definition) is 2. The van der Waals surface area contributed by atoms with E-state index in [9.17, 15) is 5.26 Å². The standard InChI is InChI=1S/C36H35N2S/c1-19-14-20(2)30(21(3)15-19)34-24(6)31-25(17-37)18-38(9)33(35(31)39-34)27-16-29-32(23(5)22(27)4)26-12-10-11-13-28(26)36(29,7)8/h10-16,18H,1-9H3/q+1. The molecule has 0 unspecified atom stereocenters. The zero-order valence-electron chi connectivity index (χ0n) is 24.4. The highest BCUT2D eigenvalue weighted by Gasteiger charge is 2.38. The summed E-state index contributed by atoms with van der Waals surface area (Å²) in [7, 11) is 2.09. The number of thiophene rings is 1. The van der Waals surface area contributed by atoms with Gasteiger partial charge in [-0.15, -0.1) is 11.3 Å². The number of nitrogens with zero attached hydrogens (tertiary/aromatic N) is 2.